The Kier molecular flexibility index (Phi) is 4.61. The first-order valence-electron chi connectivity index (χ1n) is 8.92. The van der Waals surface area contributed by atoms with Gasteiger partial charge >= 0.3 is 0 Å². The highest BCUT2D eigenvalue weighted by molar-refractivity contribution is 6.21. The van der Waals surface area contributed by atoms with Gasteiger partial charge in [0.25, 0.3) is 0 Å². The summed E-state index contributed by atoms with van der Waals surface area (Å²) < 4.78 is 15.7. The molecule has 130 valence electrons. The lowest BCUT2D eigenvalue weighted by molar-refractivity contribution is 0.452. The predicted molar refractivity (Wildman–Crippen MR) is 103 cm³/mol. The Morgan fingerprint density at radius 2 is 1.81 bits per heavy atom. The molecule has 2 nitrogen and oxygen atoms in total. The molecule has 0 amide bonds. The molecule has 1 heterocycles. The van der Waals surface area contributed by atoms with Gasteiger partial charge in [-0.2, -0.15) is 5.26 Å². The van der Waals surface area contributed by atoms with E-state index in [9.17, 15) is 5.26 Å². The van der Waals surface area contributed by atoms with Crippen LogP contribution in [0.4, 0.5) is 4.39 Å². The maximum absolute atomic E-state index is 15.7. The van der Waals surface area contributed by atoms with Gasteiger partial charge in [0.2, 0.25) is 0 Å². The molecule has 1 saturated carbocycles. The number of hydrogen-bond donors (Lipinski definition) is 0. The van der Waals surface area contributed by atoms with Crippen LogP contribution in [0.3, 0.4) is 0 Å². The van der Waals surface area contributed by atoms with Gasteiger partial charge in [0.1, 0.15) is 11.9 Å². The maximum atomic E-state index is 15.7. The van der Waals surface area contributed by atoms with Gasteiger partial charge in [-0.3, -0.25) is 0 Å². The largest absolute Gasteiger partial charge is 0.236 e. The van der Waals surface area contributed by atoms with Gasteiger partial charge in [-0.05, 0) is 30.0 Å². The van der Waals surface area contributed by atoms with Gasteiger partial charge in [0, 0.05) is 16.7 Å². The van der Waals surface area contributed by atoms with Crippen molar-refractivity contribution in [3.8, 4) is 17.2 Å². The van der Waals surface area contributed by atoms with Crippen LogP contribution in [0.1, 0.15) is 42.9 Å². The molecule has 2 unspecified atom stereocenters. The Labute approximate surface area is 157 Å². The van der Waals surface area contributed by atoms with Gasteiger partial charge in [0.05, 0.1) is 11.1 Å². The van der Waals surface area contributed by atoms with Crippen molar-refractivity contribution in [3.05, 3.63) is 65.6 Å². The van der Waals surface area contributed by atoms with Crippen LogP contribution in [0.25, 0.3) is 22.0 Å². The SMILES string of the molecule is N#Cc1nc2cccc(C3CCCCC3Cl)c2c(F)c1-c1ccccc1. The molecular weight excluding hydrogens is 347 g/mol. The highest BCUT2D eigenvalue weighted by atomic mass is 35.5. The number of aromatic nitrogens is 1. The Balaban J connectivity index is 2.00. The lowest BCUT2D eigenvalue weighted by atomic mass is 9.81. The third kappa shape index (κ3) is 2.85. The smallest absolute Gasteiger partial charge is 0.151 e. The molecule has 1 aliphatic carbocycles. The number of alkyl halides is 1. The highest BCUT2D eigenvalue weighted by Gasteiger charge is 2.28. The summed E-state index contributed by atoms with van der Waals surface area (Å²) in [5.74, 6) is -0.259. The van der Waals surface area contributed by atoms with Crippen molar-refractivity contribution < 1.29 is 4.39 Å². The van der Waals surface area contributed by atoms with E-state index in [0.29, 0.717) is 16.5 Å². The van der Waals surface area contributed by atoms with E-state index in [1.165, 1.54) is 0 Å². The van der Waals surface area contributed by atoms with Gasteiger partial charge in [-0.15, -0.1) is 11.6 Å². The summed E-state index contributed by atoms with van der Waals surface area (Å²) in [6, 6.07) is 16.8. The van der Waals surface area contributed by atoms with Crippen molar-refractivity contribution in [2.24, 2.45) is 0 Å². The molecule has 4 heteroatoms. The van der Waals surface area contributed by atoms with Crippen LogP contribution in [0.2, 0.25) is 0 Å². The van der Waals surface area contributed by atoms with Crippen LogP contribution in [0, 0.1) is 17.1 Å². The summed E-state index contributed by atoms with van der Waals surface area (Å²) in [5, 5.41) is 10.0. The second kappa shape index (κ2) is 7.05. The van der Waals surface area contributed by atoms with Crippen LogP contribution >= 0.6 is 11.6 Å². The molecule has 26 heavy (non-hydrogen) atoms. The van der Waals surface area contributed by atoms with Crippen molar-refractivity contribution in [1.29, 1.82) is 5.26 Å². The van der Waals surface area contributed by atoms with Crippen molar-refractivity contribution in [2.75, 3.05) is 0 Å². The average Bonchev–Trinajstić information content (AvgIpc) is 2.68. The monoisotopic (exact) mass is 364 g/mol. The number of halogens is 2. The van der Waals surface area contributed by atoms with E-state index in [4.69, 9.17) is 11.6 Å². The second-order valence-electron chi connectivity index (χ2n) is 6.78. The van der Waals surface area contributed by atoms with E-state index in [-0.39, 0.29) is 28.4 Å². The van der Waals surface area contributed by atoms with E-state index in [0.717, 1.165) is 31.2 Å². The number of nitrogens with zero attached hydrogens (tertiary/aromatic N) is 2. The Bertz CT molecular complexity index is 994. The summed E-state index contributed by atoms with van der Waals surface area (Å²) in [4.78, 5) is 4.47. The lowest BCUT2D eigenvalue weighted by Crippen LogP contribution is -2.18. The number of rotatable bonds is 2. The van der Waals surface area contributed by atoms with Gasteiger partial charge in [0.15, 0.2) is 5.69 Å². The van der Waals surface area contributed by atoms with E-state index in [1.54, 1.807) is 18.2 Å². The molecule has 1 fully saturated rings. The third-order valence-corrected chi connectivity index (χ3v) is 5.75. The summed E-state index contributed by atoms with van der Waals surface area (Å²) >= 11 is 6.59. The standard InChI is InChI=1S/C22H18ClFN2/c23-17-11-5-4-9-15(17)16-10-6-12-18-21(16)22(24)20(19(13-25)26-18)14-7-2-1-3-8-14/h1-3,6-8,10,12,15,17H,4-5,9,11H2. The fourth-order valence-corrected chi connectivity index (χ4v) is 4.41. The van der Waals surface area contributed by atoms with E-state index in [1.807, 2.05) is 30.3 Å². The minimum Gasteiger partial charge on any atom is -0.236 e. The fraction of sp³-hybridized carbons (Fsp3) is 0.273. The topological polar surface area (TPSA) is 36.7 Å². The zero-order valence-corrected chi connectivity index (χ0v) is 15.0. The highest BCUT2D eigenvalue weighted by Crippen LogP contribution is 2.41. The van der Waals surface area contributed by atoms with E-state index in [2.05, 4.69) is 11.1 Å². The van der Waals surface area contributed by atoms with Gasteiger partial charge in [-0.25, -0.2) is 9.37 Å². The summed E-state index contributed by atoms with van der Waals surface area (Å²) in [6.45, 7) is 0. The van der Waals surface area contributed by atoms with Crippen LogP contribution in [0.15, 0.2) is 48.5 Å². The molecular formula is C22H18ClFN2. The molecule has 0 N–H and O–H groups in total. The molecule has 4 rings (SSSR count). The minimum atomic E-state index is -0.372. The zero-order chi connectivity index (χ0) is 18.1. The second-order valence-corrected chi connectivity index (χ2v) is 7.34. The summed E-state index contributed by atoms with van der Waals surface area (Å²) in [7, 11) is 0. The van der Waals surface area contributed by atoms with Crippen molar-refractivity contribution in [2.45, 2.75) is 37.0 Å². The zero-order valence-electron chi connectivity index (χ0n) is 14.3. The summed E-state index contributed by atoms with van der Waals surface area (Å²) in [6.07, 6.45) is 4.11. The van der Waals surface area contributed by atoms with E-state index >= 15 is 4.39 Å². The Morgan fingerprint density at radius 1 is 1.04 bits per heavy atom. The van der Waals surface area contributed by atoms with Crippen molar-refractivity contribution in [3.63, 3.8) is 0 Å². The average molecular weight is 365 g/mol. The summed E-state index contributed by atoms with van der Waals surface area (Å²) in [5.41, 5.74) is 2.48. The molecule has 0 radical (unpaired) electrons. The van der Waals surface area contributed by atoms with Crippen LogP contribution < -0.4 is 0 Å². The van der Waals surface area contributed by atoms with Crippen molar-refractivity contribution in [1.82, 2.24) is 4.98 Å². The minimum absolute atomic E-state index is 0.00423. The normalized spacial score (nSPS) is 20.0. The first-order chi connectivity index (χ1) is 12.7. The number of pyridine rings is 1. The van der Waals surface area contributed by atoms with Gasteiger partial charge in [-0.1, -0.05) is 55.3 Å². The fourth-order valence-electron chi connectivity index (χ4n) is 3.99. The first-order valence-corrected chi connectivity index (χ1v) is 9.36. The first kappa shape index (κ1) is 17.0. The molecule has 1 aromatic heterocycles. The molecule has 2 atom stereocenters. The lowest BCUT2D eigenvalue weighted by Gasteiger charge is -2.28. The Hall–Kier alpha value is -2.44. The van der Waals surface area contributed by atoms with Gasteiger partial charge < -0.3 is 0 Å². The Morgan fingerprint density at radius 3 is 2.54 bits per heavy atom. The predicted octanol–water partition coefficient (Wildman–Crippen LogP) is 6.18. The van der Waals surface area contributed by atoms with Crippen LogP contribution in [0.5, 0.6) is 0 Å². The van der Waals surface area contributed by atoms with Crippen molar-refractivity contribution >= 4 is 22.5 Å². The molecule has 2 aromatic carbocycles. The maximum Gasteiger partial charge on any atom is 0.151 e. The van der Waals surface area contributed by atoms with E-state index < -0.39 is 0 Å². The number of fused-ring (bicyclic) bond motifs is 1. The molecule has 0 bridgehead atoms. The molecule has 0 spiro atoms. The molecule has 0 saturated heterocycles. The van der Waals surface area contributed by atoms with Crippen LogP contribution in [-0.4, -0.2) is 10.4 Å². The molecule has 0 aliphatic heterocycles. The van der Waals surface area contributed by atoms with Crippen LogP contribution in [-0.2, 0) is 0 Å². The number of nitriles is 1. The molecule has 3 aromatic rings. The third-order valence-electron chi connectivity index (χ3n) is 5.23. The quantitative estimate of drug-likeness (QED) is 0.509. The molecule has 1 aliphatic rings. The number of benzene rings is 2. The number of hydrogen-bond acceptors (Lipinski definition) is 2.